The van der Waals surface area contributed by atoms with Gasteiger partial charge in [0.2, 0.25) is 0 Å². The Morgan fingerprint density at radius 1 is 1.44 bits per heavy atom. The molecule has 0 aromatic carbocycles. The van der Waals surface area contributed by atoms with E-state index in [2.05, 4.69) is 34.3 Å². The number of allylic oxidation sites excluding steroid dienone is 1. The summed E-state index contributed by atoms with van der Waals surface area (Å²) in [6, 6.07) is 0. The normalized spacial score (nSPS) is 25.1. The number of carbonyl (C=O) groups is 1. The minimum Gasteiger partial charge on any atom is -0.462 e. The van der Waals surface area contributed by atoms with Gasteiger partial charge in [0.05, 0.1) is 0 Å². The fraction of sp³-hybridized carbons (Fsp3) is 0.786. The largest absolute Gasteiger partial charge is 0.462 e. The number of hydrogen-bond donors (Lipinski definition) is 0. The Balaban J connectivity index is 2.54. The predicted molar refractivity (Wildman–Crippen MR) is 66.0 cm³/mol. The van der Waals surface area contributed by atoms with E-state index in [1.165, 1.54) is 6.92 Å². The molecule has 0 aromatic heterocycles. The number of ether oxygens (including phenoxy) is 1. The zero-order valence-electron chi connectivity index (χ0n) is 11.2. The molecule has 0 aromatic rings. The van der Waals surface area contributed by atoms with Crippen LogP contribution in [0.15, 0.2) is 12.7 Å². The lowest BCUT2D eigenvalue weighted by Gasteiger charge is -2.33. The molecular weight excluding hydrogens is 200 g/mol. The Bertz CT molecular complexity index is 289. The SMILES string of the molecule is C=CC(C)(C)CC(C)(C)C1CC1OC(C)=O. The fourth-order valence-corrected chi connectivity index (χ4v) is 2.71. The van der Waals surface area contributed by atoms with Crippen LogP contribution in [0.3, 0.4) is 0 Å². The van der Waals surface area contributed by atoms with Crippen molar-refractivity contribution in [3.63, 3.8) is 0 Å². The fourth-order valence-electron chi connectivity index (χ4n) is 2.71. The molecule has 0 amide bonds. The van der Waals surface area contributed by atoms with Crippen LogP contribution in [-0.2, 0) is 9.53 Å². The highest BCUT2D eigenvalue weighted by Gasteiger charge is 2.51. The Labute approximate surface area is 99.1 Å². The standard InChI is InChI=1S/C14H24O2/c1-7-13(3,4)9-14(5,6)11-8-12(11)16-10(2)15/h7,11-12H,1,8-9H2,2-6H3. The molecule has 2 heteroatoms. The van der Waals surface area contributed by atoms with Crippen LogP contribution >= 0.6 is 0 Å². The molecule has 0 saturated heterocycles. The molecule has 2 unspecified atom stereocenters. The lowest BCUT2D eigenvalue weighted by Crippen LogP contribution is -2.25. The van der Waals surface area contributed by atoms with Gasteiger partial charge in [-0.25, -0.2) is 0 Å². The monoisotopic (exact) mass is 224 g/mol. The zero-order chi connectivity index (χ0) is 12.6. The molecule has 1 aliphatic rings. The summed E-state index contributed by atoms with van der Waals surface area (Å²) < 4.78 is 5.24. The van der Waals surface area contributed by atoms with Crippen molar-refractivity contribution in [3.05, 3.63) is 12.7 Å². The first kappa shape index (κ1) is 13.3. The van der Waals surface area contributed by atoms with Crippen LogP contribution in [0.5, 0.6) is 0 Å². The van der Waals surface area contributed by atoms with Gasteiger partial charge >= 0.3 is 5.97 Å². The van der Waals surface area contributed by atoms with Gasteiger partial charge in [-0.05, 0) is 23.7 Å². The third-order valence-electron chi connectivity index (χ3n) is 3.52. The minimum absolute atomic E-state index is 0.146. The molecule has 0 spiro atoms. The van der Waals surface area contributed by atoms with Gasteiger partial charge in [0.25, 0.3) is 0 Å². The van der Waals surface area contributed by atoms with Gasteiger partial charge in [0, 0.05) is 12.8 Å². The summed E-state index contributed by atoms with van der Waals surface area (Å²) in [6.07, 6.45) is 4.25. The Morgan fingerprint density at radius 2 is 2.00 bits per heavy atom. The molecule has 0 bridgehead atoms. The van der Waals surface area contributed by atoms with Gasteiger partial charge in [0.1, 0.15) is 6.10 Å². The minimum atomic E-state index is -0.161. The summed E-state index contributed by atoms with van der Waals surface area (Å²) in [5.41, 5.74) is 0.352. The molecule has 2 nitrogen and oxygen atoms in total. The summed E-state index contributed by atoms with van der Waals surface area (Å²) >= 11 is 0. The number of rotatable bonds is 5. The summed E-state index contributed by atoms with van der Waals surface area (Å²) in [6.45, 7) is 14.3. The van der Waals surface area contributed by atoms with Crippen molar-refractivity contribution in [2.24, 2.45) is 16.7 Å². The molecule has 0 N–H and O–H groups in total. The first-order valence-electron chi connectivity index (χ1n) is 5.99. The molecule has 2 atom stereocenters. The number of hydrogen-bond acceptors (Lipinski definition) is 2. The van der Waals surface area contributed by atoms with Crippen molar-refractivity contribution in [1.82, 2.24) is 0 Å². The average molecular weight is 224 g/mol. The summed E-state index contributed by atoms with van der Waals surface area (Å²) in [4.78, 5) is 10.9. The van der Waals surface area contributed by atoms with Crippen LogP contribution in [0.25, 0.3) is 0 Å². The summed E-state index contributed by atoms with van der Waals surface area (Å²) in [7, 11) is 0. The van der Waals surface area contributed by atoms with Crippen LogP contribution in [0, 0.1) is 16.7 Å². The van der Waals surface area contributed by atoms with Crippen molar-refractivity contribution in [3.8, 4) is 0 Å². The quantitative estimate of drug-likeness (QED) is 0.527. The van der Waals surface area contributed by atoms with Crippen molar-refractivity contribution in [1.29, 1.82) is 0 Å². The Kier molecular flexibility index (Phi) is 3.51. The molecule has 1 aliphatic carbocycles. The first-order valence-corrected chi connectivity index (χ1v) is 5.99. The average Bonchev–Trinajstić information content (AvgIpc) is 2.81. The molecular formula is C14H24O2. The van der Waals surface area contributed by atoms with E-state index in [9.17, 15) is 4.79 Å². The van der Waals surface area contributed by atoms with Gasteiger partial charge in [-0.15, -0.1) is 6.58 Å². The third kappa shape index (κ3) is 3.36. The van der Waals surface area contributed by atoms with Crippen LogP contribution in [0.1, 0.15) is 47.5 Å². The van der Waals surface area contributed by atoms with Crippen LogP contribution in [0.4, 0.5) is 0 Å². The molecule has 92 valence electrons. The molecule has 1 fully saturated rings. The van der Waals surface area contributed by atoms with E-state index in [1.54, 1.807) is 0 Å². The maximum absolute atomic E-state index is 10.9. The molecule has 0 radical (unpaired) electrons. The molecule has 1 saturated carbocycles. The second kappa shape index (κ2) is 4.23. The summed E-state index contributed by atoms with van der Waals surface area (Å²) in [5.74, 6) is 0.349. The molecule has 1 rings (SSSR count). The van der Waals surface area contributed by atoms with Crippen molar-refractivity contribution in [2.75, 3.05) is 0 Å². The topological polar surface area (TPSA) is 26.3 Å². The molecule has 16 heavy (non-hydrogen) atoms. The molecule has 0 aliphatic heterocycles. The van der Waals surface area contributed by atoms with Crippen molar-refractivity contribution in [2.45, 2.75) is 53.6 Å². The van der Waals surface area contributed by atoms with Gasteiger partial charge in [-0.2, -0.15) is 0 Å². The zero-order valence-corrected chi connectivity index (χ0v) is 11.2. The van der Waals surface area contributed by atoms with Crippen molar-refractivity contribution >= 4 is 5.97 Å². The van der Waals surface area contributed by atoms with Gasteiger partial charge < -0.3 is 4.74 Å². The Morgan fingerprint density at radius 3 is 2.44 bits per heavy atom. The van der Waals surface area contributed by atoms with Crippen LogP contribution < -0.4 is 0 Å². The van der Waals surface area contributed by atoms with E-state index in [0.29, 0.717) is 5.92 Å². The van der Waals surface area contributed by atoms with Gasteiger partial charge in [0.15, 0.2) is 0 Å². The third-order valence-corrected chi connectivity index (χ3v) is 3.52. The van der Waals surface area contributed by atoms with Crippen molar-refractivity contribution < 1.29 is 9.53 Å². The number of esters is 1. The van der Waals surface area contributed by atoms with E-state index in [4.69, 9.17) is 4.74 Å². The van der Waals surface area contributed by atoms with E-state index >= 15 is 0 Å². The predicted octanol–water partition coefficient (Wildman–Crippen LogP) is 3.57. The summed E-state index contributed by atoms with van der Waals surface area (Å²) in [5, 5.41) is 0. The lowest BCUT2D eigenvalue weighted by atomic mass is 9.72. The van der Waals surface area contributed by atoms with Crippen LogP contribution in [0.2, 0.25) is 0 Å². The van der Waals surface area contributed by atoms with E-state index < -0.39 is 0 Å². The second-order valence-corrected chi connectivity index (χ2v) is 6.35. The van der Waals surface area contributed by atoms with E-state index in [1.807, 2.05) is 6.08 Å². The van der Waals surface area contributed by atoms with E-state index in [-0.39, 0.29) is 22.9 Å². The van der Waals surface area contributed by atoms with Gasteiger partial charge in [-0.1, -0.05) is 33.8 Å². The lowest BCUT2D eigenvalue weighted by molar-refractivity contribution is -0.143. The Hall–Kier alpha value is -0.790. The first-order chi connectivity index (χ1) is 7.18. The highest BCUT2D eigenvalue weighted by molar-refractivity contribution is 5.66. The smallest absolute Gasteiger partial charge is 0.302 e. The second-order valence-electron chi connectivity index (χ2n) is 6.35. The number of carbonyl (C=O) groups excluding carboxylic acids is 1. The maximum Gasteiger partial charge on any atom is 0.302 e. The van der Waals surface area contributed by atoms with Gasteiger partial charge in [-0.3, -0.25) is 4.79 Å². The highest BCUT2D eigenvalue weighted by Crippen LogP contribution is 2.52. The van der Waals surface area contributed by atoms with E-state index in [0.717, 1.165) is 12.8 Å². The highest BCUT2D eigenvalue weighted by atomic mass is 16.5. The molecule has 0 heterocycles. The van der Waals surface area contributed by atoms with Crippen LogP contribution in [-0.4, -0.2) is 12.1 Å². The maximum atomic E-state index is 10.9.